The quantitative estimate of drug-likeness (QED) is 0.730. The number of esters is 1. The van der Waals surface area contributed by atoms with Crippen molar-refractivity contribution in [3.8, 4) is 0 Å². The standard InChI is InChI=1S/C12H23NO2/c1-12(2,3)6-7-15-11(14)9-4-5-10(13)8-9/h9-10H,4-8,13H2,1-3H3/t9-,10+/m1/s1. The second-order valence-electron chi connectivity index (χ2n) is 5.75. The predicted molar refractivity (Wildman–Crippen MR) is 60.3 cm³/mol. The number of hydrogen-bond donors (Lipinski definition) is 1. The molecule has 3 heteroatoms. The summed E-state index contributed by atoms with van der Waals surface area (Å²) in [5, 5.41) is 0. The molecule has 0 aromatic carbocycles. The fourth-order valence-corrected chi connectivity index (χ4v) is 1.81. The molecule has 15 heavy (non-hydrogen) atoms. The molecule has 1 saturated carbocycles. The van der Waals surface area contributed by atoms with Gasteiger partial charge in [-0.05, 0) is 31.1 Å². The van der Waals surface area contributed by atoms with Crippen molar-refractivity contribution in [2.45, 2.75) is 52.5 Å². The van der Waals surface area contributed by atoms with E-state index in [9.17, 15) is 4.79 Å². The number of rotatable bonds is 3. The smallest absolute Gasteiger partial charge is 0.308 e. The van der Waals surface area contributed by atoms with Gasteiger partial charge >= 0.3 is 5.97 Å². The molecule has 0 aliphatic heterocycles. The molecule has 3 nitrogen and oxygen atoms in total. The van der Waals surface area contributed by atoms with Gasteiger partial charge in [0, 0.05) is 6.04 Å². The predicted octanol–water partition coefficient (Wildman–Crippen LogP) is 2.09. The van der Waals surface area contributed by atoms with Gasteiger partial charge in [0.25, 0.3) is 0 Å². The summed E-state index contributed by atoms with van der Waals surface area (Å²) < 4.78 is 5.26. The maximum Gasteiger partial charge on any atom is 0.308 e. The molecule has 0 amide bonds. The average Bonchev–Trinajstić information content (AvgIpc) is 2.49. The number of hydrogen-bond acceptors (Lipinski definition) is 3. The van der Waals surface area contributed by atoms with Crippen molar-refractivity contribution in [1.82, 2.24) is 0 Å². The summed E-state index contributed by atoms with van der Waals surface area (Å²) in [6, 6.07) is 0.199. The van der Waals surface area contributed by atoms with Crippen LogP contribution in [0.15, 0.2) is 0 Å². The first-order valence-corrected chi connectivity index (χ1v) is 5.81. The van der Waals surface area contributed by atoms with E-state index in [2.05, 4.69) is 20.8 Å². The molecule has 2 atom stereocenters. The molecule has 2 N–H and O–H groups in total. The van der Waals surface area contributed by atoms with E-state index in [1.807, 2.05) is 0 Å². The van der Waals surface area contributed by atoms with Crippen LogP contribution >= 0.6 is 0 Å². The largest absolute Gasteiger partial charge is 0.465 e. The highest BCUT2D eigenvalue weighted by molar-refractivity contribution is 5.72. The number of nitrogens with two attached hydrogens (primary N) is 1. The van der Waals surface area contributed by atoms with Gasteiger partial charge in [-0.15, -0.1) is 0 Å². The number of carbonyl (C=O) groups is 1. The van der Waals surface area contributed by atoms with E-state index in [-0.39, 0.29) is 23.3 Å². The monoisotopic (exact) mass is 213 g/mol. The summed E-state index contributed by atoms with van der Waals surface area (Å²) in [6.45, 7) is 6.97. The third-order valence-electron chi connectivity index (χ3n) is 2.90. The first-order chi connectivity index (χ1) is 6.88. The fourth-order valence-electron chi connectivity index (χ4n) is 1.81. The highest BCUT2D eigenvalue weighted by atomic mass is 16.5. The molecule has 0 heterocycles. The van der Waals surface area contributed by atoms with E-state index in [0.717, 1.165) is 25.7 Å². The molecule has 88 valence electrons. The molecular weight excluding hydrogens is 190 g/mol. The van der Waals surface area contributed by atoms with Crippen molar-refractivity contribution < 1.29 is 9.53 Å². The zero-order valence-corrected chi connectivity index (χ0v) is 10.1. The van der Waals surface area contributed by atoms with Crippen LogP contribution in [-0.2, 0) is 9.53 Å². The van der Waals surface area contributed by atoms with Crippen molar-refractivity contribution in [1.29, 1.82) is 0 Å². The zero-order valence-electron chi connectivity index (χ0n) is 10.1. The molecule has 0 bridgehead atoms. The lowest BCUT2D eigenvalue weighted by atomic mass is 9.93. The van der Waals surface area contributed by atoms with Crippen molar-refractivity contribution in [2.24, 2.45) is 17.1 Å². The van der Waals surface area contributed by atoms with E-state index < -0.39 is 0 Å². The minimum atomic E-state index is -0.0489. The van der Waals surface area contributed by atoms with E-state index in [0.29, 0.717) is 6.61 Å². The second-order valence-corrected chi connectivity index (χ2v) is 5.75. The van der Waals surface area contributed by atoms with Crippen molar-refractivity contribution >= 4 is 5.97 Å². The number of carbonyl (C=O) groups excluding carboxylic acids is 1. The van der Waals surface area contributed by atoms with Gasteiger partial charge in [0.15, 0.2) is 0 Å². The molecule has 1 rings (SSSR count). The molecule has 1 aliphatic carbocycles. The lowest BCUT2D eigenvalue weighted by molar-refractivity contribution is -0.148. The fraction of sp³-hybridized carbons (Fsp3) is 0.917. The third-order valence-corrected chi connectivity index (χ3v) is 2.90. The molecular formula is C12H23NO2. The van der Waals surface area contributed by atoms with Gasteiger partial charge in [0.1, 0.15) is 0 Å². The maximum absolute atomic E-state index is 11.6. The van der Waals surface area contributed by atoms with Crippen molar-refractivity contribution in [3.05, 3.63) is 0 Å². The Morgan fingerprint density at radius 1 is 1.40 bits per heavy atom. The molecule has 0 radical (unpaired) electrons. The first kappa shape index (κ1) is 12.5. The van der Waals surface area contributed by atoms with Crippen LogP contribution in [0.3, 0.4) is 0 Å². The van der Waals surface area contributed by atoms with Crippen LogP contribution in [0.25, 0.3) is 0 Å². The van der Waals surface area contributed by atoms with Crippen molar-refractivity contribution in [3.63, 3.8) is 0 Å². The molecule has 0 unspecified atom stereocenters. The Bertz CT molecular complexity index is 220. The van der Waals surface area contributed by atoms with E-state index in [1.165, 1.54) is 0 Å². The average molecular weight is 213 g/mol. The zero-order chi connectivity index (χ0) is 11.5. The highest BCUT2D eigenvalue weighted by Crippen LogP contribution is 2.25. The molecule has 0 aromatic heterocycles. The van der Waals surface area contributed by atoms with E-state index in [4.69, 9.17) is 10.5 Å². The molecule has 0 saturated heterocycles. The van der Waals surface area contributed by atoms with Crippen LogP contribution in [0, 0.1) is 11.3 Å². The van der Waals surface area contributed by atoms with Gasteiger partial charge in [0.2, 0.25) is 0 Å². The van der Waals surface area contributed by atoms with Gasteiger partial charge in [-0.25, -0.2) is 0 Å². The van der Waals surface area contributed by atoms with Crippen molar-refractivity contribution in [2.75, 3.05) is 6.61 Å². The Labute approximate surface area is 92.4 Å². The third kappa shape index (κ3) is 4.65. The van der Waals surface area contributed by atoms with Gasteiger partial charge in [-0.1, -0.05) is 20.8 Å². The normalized spacial score (nSPS) is 26.7. The maximum atomic E-state index is 11.6. The minimum absolute atomic E-state index is 0.0489. The molecule has 0 spiro atoms. The summed E-state index contributed by atoms with van der Waals surface area (Å²) in [4.78, 5) is 11.6. The van der Waals surface area contributed by atoms with Crippen LogP contribution in [0.2, 0.25) is 0 Å². The summed E-state index contributed by atoms with van der Waals surface area (Å²) in [6.07, 6.45) is 3.57. The lowest BCUT2D eigenvalue weighted by Gasteiger charge is -2.18. The van der Waals surface area contributed by atoms with E-state index in [1.54, 1.807) is 0 Å². The Kier molecular flexibility index (Phi) is 4.14. The topological polar surface area (TPSA) is 52.3 Å². The van der Waals surface area contributed by atoms with Crippen LogP contribution < -0.4 is 5.73 Å². The van der Waals surface area contributed by atoms with Crippen LogP contribution in [-0.4, -0.2) is 18.6 Å². The Hall–Kier alpha value is -0.570. The Morgan fingerprint density at radius 2 is 2.07 bits per heavy atom. The van der Waals surface area contributed by atoms with Gasteiger partial charge in [-0.2, -0.15) is 0 Å². The minimum Gasteiger partial charge on any atom is -0.465 e. The Balaban J connectivity index is 2.19. The van der Waals surface area contributed by atoms with Crippen LogP contribution in [0.5, 0.6) is 0 Å². The molecule has 1 aliphatic rings. The lowest BCUT2D eigenvalue weighted by Crippen LogP contribution is -2.21. The van der Waals surface area contributed by atoms with E-state index >= 15 is 0 Å². The highest BCUT2D eigenvalue weighted by Gasteiger charge is 2.29. The van der Waals surface area contributed by atoms with Gasteiger partial charge in [0.05, 0.1) is 12.5 Å². The van der Waals surface area contributed by atoms with Crippen LogP contribution in [0.1, 0.15) is 46.5 Å². The number of ether oxygens (including phenoxy) is 1. The van der Waals surface area contributed by atoms with Gasteiger partial charge < -0.3 is 10.5 Å². The van der Waals surface area contributed by atoms with Crippen LogP contribution in [0.4, 0.5) is 0 Å². The molecule has 1 fully saturated rings. The van der Waals surface area contributed by atoms with Gasteiger partial charge in [-0.3, -0.25) is 4.79 Å². The summed E-state index contributed by atoms with van der Waals surface area (Å²) >= 11 is 0. The Morgan fingerprint density at radius 3 is 2.53 bits per heavy atom. The summed E-state index contributed by atoms with van der Waals surface area (Å²) in [7, 11) is 0. The SMILES string of the molecule is CC(C)(C)CCOC(=O)[C@@H]1CC[C@H](N)C1. The summed E-state index contributed by atoms with van der Waals surface area (Å²) in [5.41, 5.74) is 5.98. The summed E-state index contributed by atoms with van der Waals surface area (Å²) in [5.74, 6) is 0.00664. The molecule has 0 aromatic rings. The second kappa shape index (κ2) is 4.97. The first-order valence-electron chi connectivity index (χ1n) is 5.81.